The predicted octanol–water partition coefficient (Wildman–Crippen LogP) is 2.38. The fraction of sp³-hybridized carbons (Fsp3) is 0.278. The minimum absolute atomic E-state index is 0.00646. The van der Waals surface area contributed by atoms with Crippen LogP contribution in [-0.4, -0.2) is 29.1 Å². The van der Waals surface area contributed by atoms with Crippen LogP contribution in [0.5, 0.6) is 0 Å². The summed E-state index contributed by atoms with van der Waals surface area (Å²) in [7, 11) is 0. The summed E-state index contributed by atoms with van der Waals surface area (Å²) in [6, 6.07) is 12.4. The van der Waals surface area contributed by atoms with E-state index in [0.717, 1.165) is 5.56 Å². The number of rotatable bonds is 7. The third kappa shape index (κ3) is 4.54. The predicted molar refractivity (Wildman–Crippen MR) is 95.5 cm³/mol. The van der Waals surface area contributed by atoms with Gasteiger partial charge in [-0.05, 0) is 30.5 Å². The molecule has 7 nitrogen and oxygen atoms in total. The van der Waals surface area contributed by atoms with Crippen LogP contribution in [0.3, 0.4) is 0 Å². The molecule has 0 heterocycles. The molecule has 1 amide bonds. The first-order chi connectivity index (χ1) is 11.9. The van der Waals surface area contributed by atoms with Crippen LogP contribution in [0.25, 0.3) is 0 Å². The van der Waals surface area contributed by atoms with Crippen LogP contribution in [0.2, 0.25) is 0 Å². The Morgan fingerprint density at radius 2 is 2.00 bits per heavy atom. The number of nitro groups is 1. The number of aliphatic hydroxyl groups is 1. The third-order valence-corrected chi connectivity index (χ3v) is 4.00. The molecule has 0 aliphatic carbocycles. The smallest absolute Gasteiger partial charge is 0.293 e. The molecule has 0 saturated carbocycles. The van der Waals surface area contributed by atoms with Crippen molar-refractivity contribution in [2.75, 3.05) is 18.9 Å². The van der Waals surface area contributed by atoms with Crippen molar-refractivity contribution >= 4 is 17.3 Å². The van der Waals surface area contributed by atoms with Crippen molar-refractivity contribution in [2.45, 2.75) is 19.3 Å². The first kappa shape index (κ1) is 18.4. The quantitative estimate of drug-likeness (QED) is 0.405. The summed E-state index contributed by atoms with van der Waals surface area (Å²) in [4.78, 5) is 22.9. The van der Waals surface area contributed by atoms with Crippen molar-refractivity contribution in [3.63, 3.8) is 0 Å². The Labute approximate surface area is 145 Å². The maximum absolute atomic E-state index is 12.5. The zero-order valence-corrected chi connectivity index (χ0v) is 13.9. The molecule has 0 saturated heterocycles. The summed E-state index contributed by atoms with van der Waals surface area (Å²) in [6.45, 7) is 1.96. The standard InChI is InChI=1S/C18H21N3O4/c1-12-9-15(17(19)16(10-12)21(24)25)18(23)20-11-14(7-8-22)13-5-3-2-4-6-13/h2-6,9-10,14,22H,7-8,11,19H2,1H3,(H,20,23). The van der Waals surface area contributed by atoms with Gasteiger partial charge < -0.3 is 16.2 Å². The van der Waals surface area contributed by atoms with Gasteiger partial charge in [-0.3, -0.25) is 14.9 Å². The van der Waals surface area contributed by atoms with Gasteiger partial charge in [0.05, 0.1) is 10.5 Å². The fourth-order valence-corrected chi connectivity index (χ4v) is 2.70. The van der Waals surface area contributed by atoms with Gasteiger partial charge in [0.25, 0.3) is 11.6 Å². The lowest BCUT2D eigenvalue weighted by atomic mass is 9.96. The normalized spacial score (nSPS) is 11.8. The largest absolute Gasteiger partial charge is 0.396 e. The SMILES string of the molecule is Cc1cc(C(=O)NCC(CCO)c2ccccc2)c(N)c([N+](=O)[O-])c1. The molecule has 132 valence electrons. The van der Waals surface area contributed by atoms with Crippen LogP contribution >= 0.6 is 0 Å². The molecular weight excluding hydrogens is 322 g/mol. The van der Waals surface area contributed by atoms with Crippen LogP contribution < -0.4 is 11.1 Å². The Morgan fingerprint density at radius 3 is 2.60 bits per heavy atom. The molecular formula is C18H21N3O4. The molecule has 0 aromatic heterocycles. The number of anilines is 1. The summed E-state index contributed by atoms with van der Waals surface area (Å²) in [5.41, 5.74) is 7.03. The first-order valence-electron chi connectivity index (χ1n) is 7.92. The van der Waals surface area contributed by atoms with E-state index in [1.807, 2.05) is 30.3 Å². The zero-order valence-electron chi connectivity index (χ0n) is 13.9. The highest BCUT2D eigenvalue weighted by Crippen LogP contribution is 2.27. The van der Waals surface area contributed by atoms with Crippen molar-refractivity contribution in [3.05, 3.63) is 69.3 Å². The van der Waals surface area contributed by atoms with E-state index in [1.54, 1.807) is 6.92 Å². The van der Waals surface area contributed by atoms with Gasteiger partial charge in [-0.25, -0.2) is 0 Å². The molecule has 0 spiro atoms. The summed E-state index contributed by atoms with van der Waals surface area (Å²) in [5.74, 6) is -0.528. The Bertz CT molecular complexity index is 762. The van der Waals surface area contributed by atoms with Crippen molar-refractivity contribution in [2.24, 2.45) is 0 Å². The molecule has 0 aliphatic rings. The van der Waals surface area contributed by atoms with E-state index in [4.69, 9.17) is 5.73 Å². The lowest BCUT2D eigenvalue weighted by molar-refractivity contribution is -0.384. The third-order valence-electron chi connectivity index (χ3n) is 4.00. The number of nitrogens with zero attached hydrogens (tertiary/aromatic N) is 1. The number of carbonyl (C=O) groups excluding carboxylic acids is 1. The highest BCUT2D eigenvalue weighted by molar-refractivity contribution is 6.01. The number of aryl methyl sites for hydroxylation is 1. The summed E-state index contributed by atoms with van der Waals surface area (Å²) >= 11 is 0. The monoisotopic (exact) mass is 343 g/mol. The van der Waals surface area contributed by atoms with Crippen LogP contribution in [0.15, 0.2) is 42.5 Å². The molecule has 0 bridgehead atoms. The van der Waals surface area contributed by atoms with Gasteiger partial charge in [-0.2, -0.15) is 0 Å². The topological polar surface area (TPSA) is 118 Å². The van der Waals surface area contributed by atoms with Crippen LogP contribution in [0.4, 0.5) is 11.4 Å². The molecule has 4 N–H and O–H groups in total. The van der Waals surface area contributed by atoms with E-state index >= 15 is 0 Å². The Balaban J connectivity index is 2.17. The van der Waals surface area contributed by atoms with Crippen LogP contribution in [0, 0.1) is 17.0 Å². The molecule has 0 fully saturated rings. The first-order valence-corrected chi connectivity index (χ1v) is 7.92. The van der Waals surface area contributed by atoms with Crippen molar-refractivity contribution in [3.8, 4) is 0 Å². The second kappa shape index (κ2) is 8.25. The van der Waals surface area contributed by atoms with E-state index in [-0.39, 0.29) is 29.5 Å². The number of nitrogens with one attached hydrogen (secondary N) is 1. The minimum Gasteiger partial charge on any atom is -0.396 e. The number of carbonyl (C=O) groups is 1. The molecule has 1 atom stereocenters. The summed E-state index contributed by atoms with van der Waals surface area (Å²) < 4.78 is 0. The van der Waals surface area contributed by atoms with Crippen molar-refractivity contribution in [1.29, 1.82) is 0 Å². The molecule has 0 aliphatic heterocycles. The highest BCUT2D eigenvalue weighted by atomic mass is 16.6. The van der Waals surface area contributed by atoms with Crippen molar-refractivity contribution < 1.29 is 14.8 Å². The van der Waals surface area contributed by atoms with E-state index < -0.39 is 10.8 Å². The van der Waals surface area contributed by atoms with Gasteiger partial charge >= 0.3 is 0 Å². The second-order valence-corrected chi connectivity index (χ2v) is 5.83. The molecule has 0 radical (unpaired) electrons. The number of benzene rings is 2. The minimum atomic E-state index is -0.600. The fourth-order valence-electron chi connectivity index (χ4n) is 2.70. The van der Waals surface area contributed by atoms with E-state index in [1.165, 1.54) is 12.1 Å². The second-order valence-electron chi connectivity index (χ2n) is 5.83. The van der Waals surface area contributed by atoms with Gasteiger partial charge in [0, 0.05) is 25.1 Å². The van der Waals surface area contributed by atoms with E-state index in [0.29, 0.717) is 18.5 Å². The summed E-state index contributed by atoms with van der Waals surface area (Å²) in [6.07, 6.45) is 0.494. The highest BCUT2D eigenvalue weighted by Gasteiger charge is 2.21. The summed E-state index contributed by atoms with van der Waals surface area (Å²) in [5, 5.41) is 23.1. The average Bonchev–Trinajstić information content (AvgIpc) is 2.60. The van der Waals surface area contributed by atoms with Crippen molar-refractivity contribution in [1.82, 2.24) is 5.32 Å². The average molecular weight is 343 g/mol. The zero-order chi connectivity index (χ0) is 18.4. The molecule has 2 rings (SSSR count). The lowest BCUT2D eigenvalue weighted by Crippen LogP contribution is -2.29. The number of nitrogens with two attached hydrogens (primary N) is 1. The lowest BCUT2D eigenvalue weighted by Gasteiger charge is -2.17. The van der Waals surface area contributed by atoms with E-state index in [9.17, 15) is 20.0 Å². The van der Waals surface area contributed by atoms with Crippen LogP contribution in [-0.2, 0) is 0 Å². The number of nitrogen functional groups attached to an aromatic ring is 1. The van der Waals surface area contributed by atoms with Gasteiger partial charge in [0.1, 0.15) is 5.69 Å². The van der Waals surface area contributed by atoms with Gasteiger partial charge in [0.2, 0.25) is 0 Å². The number of aliphatic hydroxyl groups excluding tert-OH is 1. The van der Waals surface area contributed by atoms with E-state index in [2.05, 4.69) is 5.32 Å². The van der Waals surface area contributed by atoms with Gasteiger partial charge in [-0.1, -0.05) is 30.3 Å². The van der Waals surface area contributed by atoms with Crippen LogP contribution in [0.1, 0.15) is 33.8 Å². The molecule has 2 aromatic carbocycles. The molecule has 7 heteroatoms. The maximum Gasteiger partial charge on any atom is 0.293 e. The number of hydrogen-bond acceptors (Lipinski definition) is 5. The molecule has 25 heavy (non-hydrogen) atoms. The Hall–Kier alpha value is -2.93. The molecule has 2 aromatic rings. The number of amides is 1. The molecule has 1 unspecified atom stereocenters. The Morgan fingerprint density at radius 1 is 1.32 bits per heavy atom. The number of nitro benzene ring substituents is 1. The number of hydrogen-bond donors (Lipinski definition) is 3. The Kier molecular flexibility index (Phi) is 6.08. The maximum atomic E-state index is 12.5. The van der Waals surface area contributed by atoms with Gasteiger partial charge in [-0.15, -0.1) is 0 Å². The van der Waals surface area contributed by atoms with Gasteiger partial charge in [0.15, 0.2) is 0 Å².